The molecule has 0 aliphatic heterocycles. The highest BCUT2D eigenvalue weighted by molar-refractivity contribution is 5.76. The monoisotopic (exact) mass is 272 g/mol. The Morgan fingerprint density at radius 3 is 2.90 bits per heavy atom. The van der Waals surface area contributed by atoms with E-state index < -0.39 is 0 Å². The minimum absolute atomic E-state index is 0.0229. The van der Waals surface area contributed by atoms with E-state index in [1.807, 2.05) is 12.1 Å². The molecule has 1 aromatic heterocycles. The average molecular weight is 272 g/mol. The lowest BCUT2D eigenvalue weighted by atomic mass is 10.1. The summed E-state index contributed by atoms with van der Waals surface area (Å²) < 4.78 is 1.59. The van der Waals surface area contributed by atoms with E-state index in [0.29, 0.717) is 18.8 Å². The molecule has 3 N–H and O–H groups in total. The highest BCUT2D eigenvalue weighted by Gasteiger charge is 2.07. The van der Waals surface area contributed by atoms with Crippen LogP contribution >= 0.6 is 0 Å². The number of carbonyl (C=O) groups excluding carboxylic acids is 1. The number of amides is 1. The van der Waals surface area contributed by atoms with E-state index in [0.717, 1.165) is 12.0 Å². The Morgan fingerprint density at radius 2 is 2.25 bits per heavy atom. The summed E-state index contributed by atoms with van der Waals surface area (Å²) in [5, 5.41) is 6.90. The van der Waals surface area contributed by atoms with Crippen molar-refractivity contribution in [2.75, 3.05) is 5.73 Å². The highest BCUT2D eigenvalue weighted by atomic mass is 16.1. The second-order valence-electron chi connectivity index (χ2n) is 4.94. The van der Waals surface area contributed by atoms with Gasteiger partial charge < -0.3 is 11.1 Å². The number of nitrogen functional groups attached to an aromatic ring is 1. The van der Waals surface area contributed by atoms with Crippen molar-refractivity contribution < 1.29 is 4.79 Å². The molecular formula is C15H20N4O. The van der Waals surface area contributed by atoms with Gasteiger partial charge in [-0.25, -0.2) is 0 Å². The normalized spacial score (nSPS) is 10.5. The Bertz CT molecular complexity index is 604. The molecule has 0 aliphatic rings. The van der Waals surface area contributed by atoms with Gasteiger partial charge in [0.15, 0.2) is 0 Å². The molecule has 0 spiro atoms. The Hall–Kier alpha value is -2.30. The zero-order valence-electron chi connectivity index (χ0n) is 11.9. The van der Waals surface area contributed by atoms with Crippen LogP contribution in [0.25, 0.3) is 0 Å². The van der Waals surface area contributed by atoms with Crippen LogP contribution in [0.3, 0.4) is 0 Å². The van der Waals surface area contributed by atoms with E-state index in [-0.39, 0.29) is 5.91 Å². The van der Waals surface area contributed by atoms with Crippen molar-refractivity contribution in [2.45, 2.75) is 26.3 Å². The summed E-state index contributed by atoms with van der Waals surface area (Å²) in [7, 11) is 1.78. The van der Waals surface area contributed by atoms with Crippen LogP contribution in [0.4, 0.5) is 5.82 Å². The molecule has 2 aromatic rings. The van der Waals surface area contributed by atoms with Gasteiger partial charge >= 0.3 is 0 Å². The summed E-state index contributed by atoms with van der Waals surface area (Å²) in [6.45, 7) is 2.47. The van der Waals surface area contributed by atoms with Crippen molar-refractivity contribution in [3.63, 3.8) is 0 Å². The van der Waals surface area contributed by atoms with Crippen molar-refractivity contribution in [1.82, 2.24) is 15.1 Å². The van der Waals surface area contributed by atoms with Crippen LogP contribution in [0.2, 0.25) is 0 Å². The van der Waals surface area contributed by atoms with Gasteiger partial charge in [-0.1, -0.05) is 29.8 Å². The molecule has 20 heavy (non-hydrogen) atoms. The molecule has 5 heteroatoms. The number of anilines is 1. The number of carbonyl (C=O) groups is 1. The van der Waals surface area contributed by atoms with Crippen molar-refractivity contribution in [3.05, 3.63) is 47.2 Å². The molecule has 1 amide bonds. The van der Waals surface area contributed by atoms with Gasteiger partial charge in [0.2, 0.25) is 5.91 Å². The summed E-state index contributed by atoms with van der Waals surface area (Å²) >= 11 is 0. The number of benzene rings is 1. The van der Waals surface area contributed by atoms with Crippen LogP contribution < -0.4 is 11.1 Å². The molecule has 1 aromatic carbocycles. The summed E-state index contributed by atoms with van der Waals surface area (Å²) in [4.78, 5) is 11.8. The summed E-state index contributed by atoms with van der Waals surface area (Å²) in [6.07, 6.45) is 2.90. The van der Waals surface area contributed by atoms with Gasteiger partial charge in [-0.2, -0.15) is 5.10 Å². The van der Waals surface area contributed by atoms with Gasteiger partial charge in [-0.05, 0) is 18.9 Å². The highest BCUT2D eigenvalue weighted by Crippen LogP contribution is 2.09. The van der Waals surface area contributed by atoms with E-state index in [9.17, 15) is 4.79 Å². The van der Waals surface area contributed by atoms with Crippen molar-refractivity contribution in [1.29, 1.82) is 0 Å². The Kier molecular flexibility index (Phi) is 4.40. The molecule has 0 saturated carbocycles. The van der Waals surface area contributed by atoms with Crippen LogP contribution in [-0.4, -0.2) is 15.7 Å². The number of nitrogens with two attached hydrogens (primary N) is 1. The second-order valence-corrected chi connectivity index (χ2v) is 4.94. The maximum Gasteiger partial charge on any atom is 0.220 e. The smallest absolute Gasteiger partial charge is 0.220 e. The maximum absolute atomic E-state index is 11.8. The molecule has 2 rings (SSSR count). The van der Waals surface area contributed by atoms with Crippen LogP contribution in [0.1, 0.15) is 23.1 Å². The molecular weight excluding hydrogens is 252 g/mol. The first kappa shape index (κ1) is 14.1. The fourth-order valence-electron chi connectivity index (χ4n) is 2.04. The molecule has 0 fully saturated rings. The van der Waals surface area contributed by atoms with Crippen LogP contribution in [0.5, 0.6) is 0 Å². The first-order chi connectivity index (χ1) is 9.56. The molecule has 0 aliphatic carbocycles. The Labute approximate surface area is 118 Å². The topological polar surface area (TPSA) is 72.9 Å². The van der Waals surface area contributed by atoms with E-state index in [4.69, 9.17) is 5.73 Å². The SMILES string of the molecule is Cc1cccc(CCC(=O)NCc2cnn(C)c2N)c1. The molecule has 5 nitrogen and oxygen atoms in total. The maximum atomic E-state index is 11.8. The van der Waals surface area contributed by atoms with Crippen LogP contribution in [-0.2, 0) is 24.8 Å². The lowest BCUT2D eigenvalue weighted by molar-refractivity contribution is -0.121. The summed E-state index contributed by atoms with van der Waals surface area (Å²) in [5.41, 5.74) is 9.06. The quantitative estimate of drug-likeness (QED) is 0.867. The minimum atomic E-state index is 0.0229. The van der Waals surface area contributed by atoms with Crippen molar-refractivity contribution in [2.24, 2.45) is 7.05 Å². The zero-order chi connectivity index (χ0) is 14.5. The van der Waals surface area contributed by atoms with Gasteiger partial charge in [0.1, 0.15) is 5.82 Å². The number of rotatable bonds is 5. The van der Waals surface area contributed by atoms with E-state index in [1.165, 1.54) is 11.1 Å². The van der Waals surface area contributed by atoms with Gasteiger partial charge in [-0.15, -0.1) is 0 Å². The van der Waals surface area contributed by atoms with Crippen molar-refractivity contribution >= 4 is 11.7 Å². The van der Waals surface area contributed by atoms with Gasteiger partial charge in [0.25, 0.3) is 0 Å². The van der Waals surface area contributed by atoms with E-state index in [2.05, 4.69) is 29.5 Å². The minimum Gasteiger partial charge on any atom is -0.384 e. The third-order valence-corrected chi connectivity index (χ3v) is 3.26. The molecule has 106 valence electrons. The lowest BCUT2D eigenvalue weighted by Gasteiger charge is -2.05. The molecule has 0 saturated heterocycles. The third-order valence-electron chi connectivity index (χ3n) is 3.26. The summed E-state index contributed by atoms with van der Waals surface area (Å²) in [5.74, 6) is 0.610. The molecule has 0 radical (unpaired) electrons. The van der Waals surface area contributed by atoms with Gasteiger partial charge in [0, 0.05) is 25.6 Å². The summed E-state index contributed by atoms with van der Waals surface area (Å²) in [6, 6.07) is 8.21. The Morgan fingerprint density at radius 1 is 1.45 bits per heavy atom. The number of aromatic nitrogens is 2. The standard InChI is InChI=1S/C15H20N4O/c1-11-4-3-5-12(8-11)6-7-14(20)17-9-13-10-18-19(2)15(13)16/h3-5,8,10H,6-7,9,16H2,1-2H3,(H,17,20). The van der Waals surface area contributed by atoms with Gasteiger partial charge in [-0.3, -0.25) is 9.48 Å². The molecule has 0 unspecified atom stereocenters. The predicted octanol–water partition coefficient (Wildman–Crippen LogP) is 1.56. The predicted molar refractivity (Wildman–Crippen MR) is 79.0 cm³/mol. The molecule has 0 atom stereocenters. The third kappa shape index (κ3) is 3.60. The number of nitrogens with one attached hydrogen (secondary N) is 1. The average Bonchev–Trinajstić information content (AvgIpc) is 2.74. The Balaban J connectivity index is 1.80. The number of hydrogen-bond donors (Lipinski definition) is 2. The van der Waals surface area contributed by atoms with E-state index in [1.54, 1.807) is 17.9 Å². The largest absolute Gasteiger partial charge is 0.384 e. The fraction of sp³-hybridized carbons (Fsp3) is 0.333. The zero-order valence-corrected chi connectivity index (χ0v) is 11.9. The molecule has 0 bridgehead atoms. The number of aryl methyl sites for hydroxylation is 3. The number of nitrogens with zero attached hydrogens (tertiary/aromatic N) is 2. The second kappa shape index (κ2) is 6.23. The van der Waals surface area contributed by atoms with Crippen molar-refractivity contribution in [3.8, 4) is 0 Å². The molecule has 1 heterocycles. The van der Waals surface area contributed by atoms with Crippen LogP contribution in [0.15, 0.2) is 30.5 Å². The van der Waals surface area contributed by atoms with Gasteiger partial charge in [0.05, 0.1) is 6.20 Å². The first-order valence-corrected chi connectivity index (χ1v) is 6.65. The fourth-order valence-corrected chi connectivity index (χ4v) is 2.04. The number of hydrogen-bond acceptors (Lipinski definition) is 3. The first-order valence-electron chi connectivity index (χ1n) is 6.65. The van der Waals surface area contributed by atoms with Crippen LogP contribution in [0, 0.1) is 6.92 Å². The lowest BCUT2D eigenvalue weighted by Crippen LogP contribution is -2.23. The van der Waals surface area contributed by atoms with E-state index >= 15 is 0 Å².